The molecule has 0 fully saturated rings. The molecule has 1 aromatic rings. The molecule has 0 radical (unpaired) electrons. The second kappa shape index (κ2) is 8.03. The summed E-state index contributed by atoms with van der Waals surface area (Å²) in [4.78, 5) is 0. The zero-order valence-corrected chi connectivity index (χ0v) is 11.3. The maximum atomic E-state index is 9.21. The van der Waals surface area contributed by atoms with E-state index in [1.807, 2.05) is 32.0 Å². The smallest absolute Gasteiger partial charge is 0.147 e. The number of hydrogen-bond donors (Lipinski definition) is 1. The van der Waals surface area contributed by atoms with Crippen molar-refractivity contribution < 1.29 is 14.6 Å². The summed E-state index contributed by atoms with van der Waals surface area (Å²) in [5.41, 5.74) is 3.41. The molecule has 1 N–H and O–H groups in total. The van der Waals surface area contributed by atoms with Gasteiger partial charge in [0.25, 0.3) is 0 Å². The van der Waals surface area contributed by atoms with E-state index in [1.54, 1.807) is 7.11 Å². The molecule has 0 saturated carbocycles. The molecule has 0 aliphatic carbocycles. The van der Waals surface area contributed by atoms with Crippen LogP contribution >= 0.6 is 0 Å². The first-order chi connectivity index (χ1) is 8.70. The van der Waals surface area contributed by atoms with Gasteiger partial charge in [0.2, 0.25) is 0 Å². The lowest BCUT2D eigenvalue weighted by atomic mass is 9.95. The fourth-order valence-corrected chi connectivity index (χ4v) is 1.86. The lowest BCUT2D eigenvalue weighted by Gasteiger charge is -2.18. The maximum Gasteiger partial charge on any atom is 0.147 e. The largest absolute Gasteiger partial charge is 0.396 e. The van der Waals surface area contributed by atoms with E-state index < -0.39 is 0 Å². The van der Waals surface area contributed by atoms with Gasteiger partial charge in [-0.05, 0) is 37.0 Å². The number of rotatable bonds is 7. The van der Waals surface area contributed by atoms with Crippen LogP contribution in [0.1, 0.15) is 25.8 Å². The summed E-state index contributed by atoms with van der Waals surface area (Å²) < 4.78 is 10.5. The van der Waals surface area contributed by atoms with Crippen LogP contribution in [0.5, 0.6) is 0 Å². The van der Waals surface area contributed by atoms with Crippen molar-refractivity contribution in [1.82, 2.24) is 0 Å². The van der Waals surface area contributed by atoms with Crippen LogP contribution in [0.4, 0.5) is 0 Å². The molecule has 0 bridgehead atoms. The van der Waals surface area contributed by atoms with Gasteiger partial charge in [-0.15, -0.1) is 0 Å². The van der Waals surface area contributed by atoms with Gasteiger partial charge in [-0.1, -0.05) is 30.3 Å². The van der Waals surface area contributed by atoms with Crippen molar-refractivity contribution >= 4 is 5.57 Å². The average molecular weight is 250 g/mol. The lowest BCUT2D eigenvalue weighted by Crippen LogP contribution is -2.13. The summed E-state index contributed by atoms with van der Waals surface area (Å²) in [7, 11) is 1.61. The Balaban J connectivity index is 2.94. The number of aliphatic hydroxyl groups excluding tert-OH is 1. The van der Waals surface area contributed by atoms with Crippen LogP contribution in [0.25, 0.3) is 5.57 Å². The lowest BCUT2D eigenvalue weighted by molar-refractivity contribution is -0.0528. The molecular formula is C15H22O3. The van der Waals surface area contributed by atoms with Crippen LogP contribution < -0.4 is 0 Å². The number of hydrogen-bond acceptors (Lipinski definition) is 3. The minimum absolute atomic E-state index is 0.0216. The fourth-order valence-electron chi connectivity index (χ4n) is 1.86. The third-order valence-electron chi connectivity index (χ3n) is 3.01. The van der Waals surface area contributed by atoms with Gasteiger partial charge in [-0.3, -0.25) is 0 Å². The Morgan fingerprint density at radius 2 is 1.94 bits per heavy atom. The molecule has 1 rings (SSSR count). The highest BCUT2D eigenvalue weighted by atomic mass is 16.7. The van der Waals surface area contributed by atoms with Gasteiger partial charge in [0.15, 0.2) is 0 Å². The second-order valence-corrected chi connectivity index (χ2v) is 4.22. The van der Waals surface area contributed by atoms with Crippen LogP contribution in [0.2, 0.25) is 0 Å². The summed E-state index contributed by atoms with van der Waals surface area (Å²) in [6, 6.07) is 10.1. The van der Waals surface area contributed by atoms with E-state index in [9.17, 15) is 5.11 Å². The maximum absolute atomic E-state index is 9.21. The molecule has 0 heterocycles. The van der Waals surface area contributed by atoms with Crippen molar-refractivity contribution in [2.24, 2.45) is 0 Å². The molecule has 0 amide bonds. The number of ether oxygens (including phenoxy) is 2. The molecule has 0 aliphatic rings. The van der Waals surface area contributed by atoms with Crippen LogP contribution in [-0.4, -0.2) is 31.7 Å². The Morgan fingerprint density at radius 3 is 2.50 bits per heavy atom. The molecule has 0 saturated heterocycles. The monoisotopic (exact) mass is 250 g/mol. The zero-order chi connectivity index (χ0) is 13.4. The summed E-state index contributed by atoms with van der Waals surface area (Å²) in [6.45, 7) is 4.45. The molecule has 3 heteroatoms. The SMILES string of the molecule is COCOC(C)/C(C)=C(/CCO)c1ccccc1. The summed E-state index contributed by atoms with van der Waals surface area (Å²) in [6.07, 6.45) is 0.614. The predicted molar refractivity (Wildman–Crippen MR) is 73.2 cm³/mol. The third-order valence-corrected chi connectivity index (χ3v) is 3.01. The Bertz CT molecular complexity index is 371. The van der Waals surface area contributed by atoms with E-state index in [0.717, 1.165) is 16.7 Å². The highest BCUT2D eigenvalue weighted by molar-refractivity contribution is 5.69. The Morgan fingerprint density at radius 1 is 1.28 bits per heavy atom. The van der Waals surface area contributed by atoms with Crippen molar-refractivity contribution in [3.63, 3.8) is 0 Å². The van der Waals surface area contributed by atoms with Crippen molar-refractivity contribution in [2.75, 3.05) is 20.5 Å². The standard InChI is InChI=1S/C15H22O3/c1-12(13(2)18-11-17-3)15(9-10-16)14-7-5-4-6-8-14/h4-8,13,16H,9-11H2,1-3H3/b15-12-. The topological polar surface area (TPSA) is 38.7 Å². The summed E-state index contributed by atoms with van der Waals surface area (Å²) in [5.74, 6) is 0. The molecule has 1 unspecified atom stereocenters. The zero-order valence-electron chi connectivity index (χ0n) is 11.3. The van der Waals surface area contributed by atoms with Gasteiger partial charge in [0.05, 0.1) is 6.10 Å². The van der Waals surface area contributed by atoms with E-state index in [-0.39, 0.29) is 19.5 Å². The first-order valence-electron chi connectivity index (χ1n) is 6.17. The van der Waals surface area contributed by atoms with Crippen LogP contribution in [-0.2, 0) is 9.47 Å². The van der Waals surface area contributed by atoms with Crippen molar-refractivity contribution in [2.45, 2.75) is 26.4 Å². The molecule has 0 aliphatic heterocycles. The van der Waals surface area contributed by atoms with Crippen LogP contribution in [0, 0.1) is 0 Å². The normalized spacial score (nSPS) is 14.2. The molecule has 3 nitrogen and oxygen atoms in total. The second-order valence-electron chi connectivity index (χ2n) is 4.22. The minimum atomic E-state index is -0.0216. The van der Waals surface area contributed by atoms with Crippen LogP contribution in [0.15, 0.2) is 35.9 Å². The number of aliphatic hydroxyl groups is 1. The predicted octanol–water partition coefficient (Wildman–Crippen LogP) is 2.85. The number of methoxy groups -OCH3 is 1. The van der Waals surface area contributed by atoms with E-state index in [0.29, 0.717) is 6.42 Å². The highest BCUT2D eigenvalue weighted by Gasteiger charge is 2.12. The quantitative estimate of drug-likeness (QED) is 0.756. The van der Waals surface area contributed by atoms with Gasteiger partial charge in [0.1, 0.15) is 6.79 Å². The van der Waals surface area contributed by atoms with E-state index in [4.69, 9.17) is 9.47 Å². The Kier molecular flexibility index (Phi) is 6.65. The van der Waals surface area contributed by atoms with Crippen LogP contribution in [0.3, 0.4) is 0 Å². The van der Waals surface area contributed by atoms with E-state index in [1.165, 1.54) is 0 Å². The molecule has 1 aromatic carbocycles. The highest BCUT2D eigenvalue weighted by Crippen LogP contribution is 2.24. The molecule has 0 aromatic heterocycles. The number of benzene rings is 1. The minimum Gasteiger partial charge on any atom is -0.396 e. The Labute approximate surface area is 109 Å². The van der Waals surface area contributed by atoms with Crippen molar-refractivity contribution in [3.8, 4) is 0 Å². The molecular weight excluding hydrogens is 228 g/mol. The molecule has 100 valence electrons. The van der Waals surface area contributed by atoms with Gasteiger partial charge < -0.3 is 14.6 Å². The average Bonchev–Trinajstić information content (AvgIpc) is 2.42. The summed E-state index contributed by atoms with van der Waals surface area (Å²) in [5, 5.41) is 9.21. The van der Waals surface area contributed by atoms with Gasteiger partial charge in [0, 0.05) is 13.7 Å². The molecule has 1 atom stereocenters. The van der Waals surface area contributed by atoms with Crippen molar-refractivity contribution in [3.05, 3.63) is 41.5 Å². The summed E-state index contributed by atoms with van der Waals surface area (Å²) >= 11 is 0. The molecule has 0 spiro atoms. The third kappa shape index (κ3) is 4.26. The fraction of sp³-hybridized carbons (Fsp3) is 0.467. The molecule has 18 heavy (non-hydrogen) atoms. The van der Waals surface area contributed by atoms with Gasteiger partial charge in [-0.25, -0.2) is 0 Å². The van der Waals surface area contributed by atoms with E-state index >= 15 is 0 Å². The van der Waals surface area contributed by atoms with Crippen molar-refractivity contribution in [1.29, 1.82) is 0 Å². The first-order valence-corrected chi connectivity index (χ1v) is 6.17. The van der Waals surface area contributed by atoms with Gasteiger partial charge >= 0.3 is 0 Å². The van der Waals surface area contributed by atoms with E-state index in [2.05, 4.69) is 12.1 Å². The van der Waals surface area contributed by atoms with Gasteiger partial charge in [-0.2, -0.15) is 0 Å². The Hall–Kier alpha value is -1.16. The first kappa shape index (κ1) is 14.9.